The van der Waals surface area contributed by atoms with Crippen LogP contribution in [0.1, 0.15) is 11.1 Å². The van der Waals surface area contributed by atoms with Crippen LogP contribution >= 0.6 is 0 Å². The Hall–Kier alpha value is -3.28. The van der Waals surface area contributed by atoms with Crippen LogP contribution in [0.3, 0.4) is 0 Å². The number of non-ortho nitro benzene ring substituents is 1. The Kier molecular flexibility index (Phi) is 4.08. The van der Waals surface area contributed by atoms with Gasteiger partial charge in [0.2, 0.25) is 0 Å². The number of aromatic hydroxyl groups is 1. The van der Waals surface area contributed by atoms with Crippen molar-refractivity contribution in [2.24, 2.45) is 0 Å². The second kappa shape index (κ2) is 6.11. The summed E-state index contributed by atoms with van der Waals surface area (Å²) in [7, 11) is 0. The van der Waals surface area contributed by atoms with Crippen LogP contribution in [-0.4, -0.2) is 45.8 Å². The highest BCUT2D eigenvalue weighted by Crippen LogP contribution is 2.53. The van der Waals surface area contributed by atoms with Crippen LogP contribution in [0.4, 0.5) is 33.3 Å². The number of hydrogen-bond acceptors (Lipinski definition) is 5. The van der Waals surface area contributed by atoms with Crippen molar-refractivity contribution in [2.75, 3.05) is 18.4 Å². The molecule has 2 aliphatic heterocycles. The average Bonchev–Trinajstić information content (AvgIpc) is 3.06. The number of carbonyl (C=O) groups excluding carboxylic acids is 1. The Morgan fingerprint density at radius 1 is 1.07 bits per heavy atom. The van der Waals surface area contributed by atoms with Crippen molar-refractivity contribution in [1.29, 1.82) is 0 Å². The number of alkyl halides is 4. The van der Waals surface area contributed by atoms with Crippen molar-refractivity contribution in [2.45, 2.75) is 17.4 Å². The van der Waals surface area contributed by atoms with Crippen LogP contribution < -0.4 is 5.32 Å². The number of carbonyl (C=O) groups is 1. The molecule has 0 spiro atoms. The largest absolute Gasteiger partial charge is 0.508 e. The van der Waals surface area contributed by atoms with Gasteiger partial charge in [0.25, 0.3) is 11.6 Å². The van der Waals surface area contributed by atoms with Gasteiger partial charge in [-0.3, -0.25) is 19.8 Å². The van der Waals surface area contributed by atoms with E-state index in [-0.39, 0.29) is 11.3 Å². The van der Waals surface area contributed by atoms with E-state index in [1.807, 2.05) is 0 Å². The van der Waals surface area contributed by atoms with E-state index < -0.39 is 64.1 Å². The van der Waals surface area contributed by atoms with Crippen molar-refractivity contribution in [3.05, 3.63) is 63.5 Å². The van der Waals surface area contributed by atoms with Crippen molar-refractivity contribution in [3.8, 4) is 5.75 Å². The standard InChI is InChI=1S/C18H12F5N3O4/c19-13-6-10(26(29)30)5-12-14(13)24-15(28)18(12,9-1-3-11(27)4-2-9)25-7-16(20,21)17(22,23)8-25/h1-6,27H,7-8H2,(H,24,28). The van der Waals surface area contributed by atoms with Crippen LogP contribution in [0, 0.1) is 15.9 Å². The lowest BCUT2D eigenvalue weighted by atomic mass is 9.82. The number of phenolic OH excluding ortho intramolecular Hbond substituents is 1. The molecule has 1 fully saturated rings. The number of nitro groups is 1. The molecule has 2 N–H and O–H groups in total. The number of amides is 1. The lowest BCUT2D eigenvalue weighted by Crippen LogP contribution is -2.51. The maximum atomic E-state index is 14.5. The van der Waals surface area contributed by atoms with Crippen molar-refractivity contribution in [3.63, 3.8) is 0 Å². The van der Waals surface area contributed by atoms with Crippen LogP contribution in [0.2, 0.25) is 0 Å². The number of fused-ring (bicyclic) bond motifs is 1. The third-order valence-electron chi connectivity index (χ3n) is 5.32. The molecule has 7 nitrogen and oxygen atoms in total. The van der Waals surface area contributed by atoms with E-state index in [1.165, 1.54) is 0 Å². The molecule has 4 rings (SSSR count). The minimum atomic E-state index is -4.50. The van der Waals surface area contributed by atoms with E-state index >= 15 is 0 Å². The molecular formula is C18H12F5N3O4. The van der Waals surface area contributed by atoms with Crippen LogP contribution in [0.25, 0.3) is 0 Å². The van der Waals surface area contributed by atoms with Gasteiger partial charge in [0.1, 0.15) is 5.75 Å². The summed E-state index contributed by atoms with van der Waals surface area (Å²) in [5, 5.41) is 22.9. The first-order valence-corrected chi connectivity index (χ1v) is 8.50. The number of nitro benzene ring substituents is 1. The molecule has 1 amide bonds. The summed E-state index contributed by atoms with van der Waals surface area (Å²) in [6.45, 7) is -3.11. The number of phenols is 1. The van der Waals surface area contributed by atoms with Gasteiger partial charge >= 0.3 is 11.8 Å². The smallest absolute Gasteiger partial charge is 0.323 e. The van der Waals surface area contributed by atoms with Crippen LogP contribution in [-0.2, 0) is 10.3 Å². The Labute approximate surface area is 164 Å². The molecule has 2 heterocycles. The van der Waals surface area contributed by atoms with Gasteiger partial charge in [-0.15, -0.1) is 0 Å². The van der Waals surface area contributed by atoms with Gasteiger partial charge in [-0.05, 0) is 17.7 Å². The first kappa shape index (κ1) is 20.0. The summed E-state index contributed by atoms with van der Waals surface area (Å²) in [5.41, 5.74) is -4.32. The Morgan fingerprint density at radius 2 is 1.63 bits per heavy atom. The van der Waals surface area contributed by atoms with E-state index in [0.717, 1.165) is 30.3 Å². The molecule has 0 radical (unpaired) electrons. The highest BCUT2D eigenvalue weighted by Gasteiger charge is 2.69. The molecule has 1 saturated heterocycles. The molecule has 2 aromatic carbocycles. The molecule has 2 aromatic rings. The molecule has 1 unspecified atom stereocenters. The summed E-state index contributed by atoms with van der Waals surface area (Å²) in [6, 6.07) is 5.73. The van der Waals surface area contributed by atoms with Gasteiger partial charge in [-0.25, -0.2) is 4.39 Å². The fraction of sp³-hybridized carbons (Fsp3) is 0.278. The monoisotopic (exact) mass is 429 g/mol. The molecule has 0 aromatic heterocycles. The maximum absolute atomic E-state index is 14.5. The van der Waals surface area contributed by atoms with E-state index in [0.29, 0.717) is 11.0 Å². The number of halogens is 5. The Morgan fingerprint density at radius 3 is 2.17 bits per heavy atom. The van der Waals surface area contributed by atoms with Gasteiger partial charge in [-0.1, -0.05) is 12.1 Å². The van der Waals surface area contributed by atoms with Crippen LogP contribution in [0.15, 0.2) is 36.4 Å². The predicted molar refractivity (Wildman–Crippen MR) is 92.0 cm³/mol. The third-order valence-corrected chi connectivity index (χ3v) is 5.32. The zero-order chi connectivity index (χ0) is 22.1. The van der Waals surface area contributed by atoms with E-state index in [2.05, 4.69) is 5.32 Å². The van der Waals surface area contributed by atoms with Crippen molar-refractivity contribution in [1.82, 2.24) is 4.90 Å². The van der Waals surface area contributed by atoms with Gasteiger partial charge in [0.15, 0.2) is 11.4 Å². The number of hydrogen-bond donors (Lipinski definition) is 2. The molecule has 12 heteroatoms. The number of nitrogens with zero attached hydrogens (tertiary/aromatic N) is 2. The van der Waals surface area contributed by atoms with Gasteiger partial charge in [0.05, 0.1) is 29.8 Å². The minimum absolute atomic E-state index is 0.148. The summed E-state index contributed by atoms with van der Waals surface area (Å²) in [5.74, 6) is -11.6. The maximum Gasteiger partial charge on any atom is 0.323 e. The Bertz CT molecular complexity index is 1060. The number of rotatable bonds is 3. The van der Waals surface area contributed by atoms with Crippen molar-refractivity contribution >= 4 is 17.3 Å². The zero-order valence-corrected chi connectivity index (χ0v) is 14.8. The highest BCUT2D eigenvalue weighted by atomic mass is 19.3. The zero-order valence-electron chi connectivity index (χ0n) is 14.8. The number of anilines is 1. The summed E-state index contributed by atoms with van der Waals surface area (Å²) in [6.07, 6.45) is 0. The molecule has 158 valence electrons. The van der Waals surface area contributed by atoms with Gasteiger partial charge in [-0.2, -0.15) is 17.6 Å². The molecule has 0 bridgehead atoms. The third kappa shape index (κ3) is 2.56. The lowest BCUT2D eigenvalue weighted by Gasteiger charge is -2.37. The SMILES string of the molecule is O=C1Nc2c(F)cc([N+](=O)[O-])cc2C1(c1ccc(O)cc1)N1CC(F)(F)C(F)(F)C1. The van der Waals surface area contributed by atoms with Gasteiger partial charge in [0, 0.05) is 11.6 Å². The number of likely N-dealkylation sites (tertiary alicyclic amines) is 1. The molecule has 1 atom stereocenters. The topological polar surface area (TPSA) is 95.7 Å². The first-order valence-electron chi connectivity index (χ1n) is 8.50. The summed E-state index contributed by atoms with van der Waals surface area (Å²) in [4.78, 5) is 23.8. The normalized spacial score (nSPS) is 24.5. The first-order chi connectivity index (χ1) is 13.9. The van der Waals surface area contributed by atoms with Crippen LogP contribution in [0.5, 0.6) is 5.75 Å². The average molecular weight is 429 g/mol. The minimum Gasteiger partial charge on any atom is -0.508 e. The second-order valence-electron chi connectivity index (χ2n) is 7.08. The van der Waals surface area contributed by atoms with E-state index in [9.17, 15) is 42.0 Å². The van der Waals surface area contributed by atoms with Crippen molar-refractivity contribution < 1.29 is 36.8 Å². The molecule has 2 aliphatic rings. The summed E-state index contributed by atoms with van der Waals surface area (Å²) < 4.78 is 70.6. The highest BCUT2D eigenvalue weighted by molar-refractivity contribution is 6.08. The fourth-order valence-electron chi connectivity index (χ4n) is 3.93. The molecular weight excluding hydrogens is 417 g/mol. The predicted octanol–water partition coefficient (Wildman–Crippen LogP) is 3.22. The second-order valence-corrected chi connectivity index (χ2v) is 7.08. The van der Waals surface area contributed by atoms with Gasteiger partial charge < -0.3 is 10.4 Å². The Balaban J connectivity index is 2.03. The fourth-order valence-corrected chi connectivity index (χ4v) is 3.93. The van der Waals surface area contributed by atoms with E-state index in [4.69, 9.17) is 0 Å². The summed E-state index contributed by atoms with van der Waals surface area (Å²) >= 11 is 0. The number of benzene rings is 2. The number of nitrogens with one attached hydrogen (secondary N) is 1. The molecule has 0 saturated carbocycles. The molecule has 30 heavy (non-hydrogen) atoms. The quantitative estimate of drug-likeness (QED) is 0.444. The van der Waals surface area contributed by atoms with E-state index in [1.54, 1.807) is 0 Å². The molecule has 0 aliphatic carbocycles. The lowest BCUT2D eigenvalue weighted by molar-refractivity contribution is -0.385.